The third-order valence-electron chi connectivity index (χ3n) is 2.09. The molecule has 0 amide bonds. The topological polar surface area (TPSA) is 61.0 Å². The molecule has 0 atom stereocenters. The van der Waals surface area contributed by atoms with E-state index in [1.54, 1.807) is 25.3 Å². The highest BCUT2D eigenvalue weighted by molar-refractivity contribution is 5.37. The van der Waals surface area contributed by atoms with Crippen molar-refractivity contribution in [2.24, 2.45) is 0 Å². The van der Waals surface area contributed by atoms with Crippen LogP contribution in [0.4, 0.5) is 14.6 Å². The van der Waals surface area contributed by atoms with Gasteiger partial charge in [-0.3, -0.25) is 4.98 Å². The Morgan fingerprint density at radius 3 is 2.76 bits per heavy atom. The molecule has 88 valence electrons. The van der Waals surface area contributed by atoms with Gasteiger partial charge in [-0.05, 0) is 19.1 Å². The average Bonchev–Trinajstić information content (AvgIpc) is 2.29. The summed E-state index contributed by atoms with van der Waals surface area (Å²) in [5.41, 5.74) is 5.80. The molecule has 0 spiro atoms. The predicted octanol–water partition coefficient (Wildman–Crippen LogP) is 2.44. The minimum absolute atomic E-state index is 0.338. The van der Waals surface area contributed by atoms with E-state index in [0.717, 1.165) is 0 Å². The predicted molar refractivity (Wildman–Crippen MR) is 57.6 cm³/mol. The van der Waals surface area contributed by atoms with Gasteiger partial charge in [0.1, 0.15) is 0 Å². The van der Waals surface area contributed by atoms with Gasteiger partial charge in [-0.15, -0.1) is 0 Å². The molecule has 0 aliphatic rings. The van der Waals surface area contributed by atoms with Crippen LogP contribution in [-0.4, -0.2) is 9.97 Å². The van der Waals surface area contributed by atoms with E-state index in [9.17, 15) is 8.78 Å². The molecule has 0 unspecified atom stereocenters. The van der Waals surface area contributed by atoms with Crippen LogP contribution in [0.25, 0.3) is 0 Å². The van der Waals surface area contributed by atoms with Gasteiger partial charge in [0.25, 0.3) is 5.88 Å². The first kappa shape index (κ1) is 11.3. The van der Waals surface area contributed by atoms with Crippen LogP contribution in [0.3, 0.4) is 0 Å². The van der Waals surface area contributed by atoms with E-state index in [0.29, 0.717) is 17.5 Å². The van der Waals surface area contributed by atoms with Crippen LogP contribution >= 0.6 is 0 Å². The van der Waals surface area contributed by atoms with Crippen molar-refractivity contribution in [1.29, 1.82) is 0 Å². The zero-order valence-corrected chi connectivity index (χ0v) is 8.95. The van der Waals surface area contributed by atoms with E-state index in [4.69, 9.17) is 10.5 Å². The Labute approximate surface area is 96.1 Å². The Kier molecular flexibility index (Phi) is 2.86. The summed E-state index contributed by atoms with van der Waals surface area (Å²) in [6.45, 7) is 1.69. The number of nitrogens with two attached hydrogens (primary N) is 1. The maximum atomic E-state index is 13.3. The molecule has 0 radical (unpaired) electrons. The lowest BCUT2D eigenvalue weighted by atomic mass is 10.3. The summed E-state index contributed by atoms with van der Waals surface area (Å²) in [7, 11) is 0. The molecule has 2 N–H and O–H groups in total. The molecule has 0 bridgehead atoms. The van der Waals surface area contributed by atoms with Gasteiger partial charge >= 0.3 is 0 Å². The second kappa shape index (κ2) is 4.32. The first-order valence-corrected chi connectivity index (χ1v) is 4.79. The van der Waals surface area contributed by atoms with Crippen molar-refractivity contribution in [2.75, 3.05) is 5.73 Å². The first-order valence-electron chi connectivity index (χ1n) is 4.79. The molecule has 17 heavy (non-hydrogen) atoms. The van der Waals surface area contributed by atoms with Crippen molar-refractivity contribution >= 4 is 5.82 Å². The molecular weight excluding hydrogens is 228 g/mol. The molecular formula is C11H9F2N3O. The summed E-state index contributed by atoms with van der Waals surface area (Å²) >= 11 is 0. The molecule has 0 aromatic carbocycles. The highest BCUT2D eigenvalue weighted by Gasteiger charge is 2.12. The number of ether oxygens (including phenoxy) is 1. The molecule has 2 aromatic rings. The number of aromatic nitrogens is 2. The van der Waals surface area contributed by atoms with E-state index in [1.165, 1.54) is 0 Å². The molecule has 0 aliphatic carbocycles. The zero-order chi connectivity index (χ0) is 12.4. The molecule has 0 aliphatic heterocycles. The van der Waals surface area contributed by atoms with Gasteiger partial charge in [-0.1, -0.05) is 0 Å². The fourth-order valence-corrected chi connectivity index (χ4v) is 1.22. The number of nitrogen functional groups attached to an aromatic ring is 1. The van der Waals surface area contributed by atoms with Gasteiger partial charge in [0.2, 0.25) is 0 Å². The molecule has 2 heterocycles. The van der Waals surface area contributed by atoms with Crippen LogP contribution < -0.4 is 10.5 Å². The fourth-order valence-electron chi connectivity index (χ4n) is 1.22. The number of nitrogens with zero attached hydrogens (tertiary/aromatic N) is 2. The van der Waals surface area contributed by atoms with Gasteiger partial charge in [0.15, 0.2) is 23.2 Å². The Morgan fingerprint density at radius 2 is 2.06 bits per heavy atom. The van der Waals surface area contributed by atoms with Crippen LogP contribution in [0, 0.1) is 18.6 Å². The minimum atomic E-state index is -0.919. The van der Waals surface area contributed by atoms with Crippen LogP contribution in [0.1, 0.15) is 5.69 Å². The van der Waals surface area contributed by atoms with Crippen LogP contribution in [0.5, 0.6) is 11.6 Å². The summed E-state index contributed by atoms with van der Waals surface area (Å²) in [6, 6.07) is 3.86. The molecule has 2 aromatic heterocycles. The summed E-state index contributed by atoms with van der Waals surface area (Å²) in [5, 5.41) is 0. The average molecular weight is 237 g/mol. The maximum Gasteiger partial charge on any atom is 0.258 e. The van der Waals surface area contributed by atoms with E-state index >= 15 is 0 Å². The van der Waals surface area contributed by atoms with Crippen LogP contribution in [0.15, 0.2) is 24.4 Å². The number of hydrogen-bond acceptors (Lipinski definition) is 4. The van der Waals surface area contributed by atoms with Gasteiger partial charge in [-0.25, -0.2) is 8.78 Å². The van der Waals surface area contributed by atoms with Gasteiger partial charge in [-0.2, -0.15) is 4.98 Å². The van der Waals surface area contributed by atoms with E-state index in [1.807, 2.05) is 0 Å². The third-order valence-corrected chi connectivity index (χ3v) is 2.09. The number of hydrogen-bond donors (Lipinski definition) is 1. The second-order valence-corrected chi connectivity index (χ2v) is 3.33. The Bertz CT molecular complexity index is 560. The van der Waals surface area contributed by atoms with E-state index in [-0.39, 0.29) is 5.88 Å². The molecule has 4 nitrogen and oxygen atoms in total. The Balaban J connectivity index is 2.37. The van der Waals surface area contributed by atoms with Gasteiger partial charge < -0.3 is 10.5 Å². The molecule has 2 rings (SSSR count). The molecule has 0 saturated carbocycles. The Hall–Kier alpha value is -2.24. The number of rotatable bonds is 2. The highest BCUT2D eigenvalue weighted by atomic mass is 19.1. The molecule has 0 saturated heterocycles. The van der Waals surface area contributed by atoms with Crippen molar-refractivity contribution in [3.8, 4) is 11.6 Å². The smallest absolute Gasteiger partial charge is 0.258 e. The summed E-state index contributed by atoms with van der Waals surface area (Å²) in [5.74, 6) is -2.29. The lowest BCUT2D eigenvalue weighted by molar-refractivity contribution is 0.414. The van der Waals surface area contributed by atoms with Crippen LogP contribution in [0.2, 0.25) is 0 Å². The second-order valence-electron chi connectivity index (χ2n) is 3.33. The first-order chi connectivity index (χ1) is 8.08. The normalized spacial score (nSPS) is 10.3. The SMILES string of the molecule is Cc1ncccc1Oc1nc(N)c(F)cc1F. The summed E-state index contributed by atoms with van der Waals surface area (Å²) < 4.78 is 31.4. The van der Waals surface area contributed by atoms with Crippen LogP contribution in [-0.2, 0) is 0 Å². The van der Waals surface area contributed by atoms with Crippen molar-refractivity contribution in [3.63, 3.8) is 0 Å². The number of anilines is 1. The van der Waals surface area contributed by atoms with Gasteiger partial charge in [0, 0.05) is 12.3 Å². The quantitative estimate of drug-likeness (QED) is 0.871. The highest BCUT2D eigenvalue weighted by Crippen LogP contribution is 2.25. The number of pyridine rings is 2. The number of halogens is 2. The minimum Gasteiger partial charge on any atom is -0.434 e. The third kappa shape index (κ3) is 2.30. The monoisotopic (exact) mass is 237 g/mol. The van der Waals surface area contributed by atoms with Crippen molar-refractivity contribution in [1.82, 2.24) is 9.97 Å². The largest absolute Gasteiger partial charge is 0.434 e. The molecule has 0 fully saturated rings. The zero-order valence-electron chi connectivity index (χ0n) is 8.95. The maximum absolute atomic E-state index is 13.3. The van der Waals surface area contributed by atoms with Crippen molar-refractivity contribution in [3.05, 3.63) is 41.7 Å². The van der Waals surface area contributed by atoms with Crippen molar-refractivity contribution in [2.45, 2.75) is 6.92 Å². The summed E-state index contributed by atoms with van der Waals surface area (Å²) in [6.07, 6.45) is 1.57. The van der Waals surface area contributed by atoms with Crippen molar-refractivity contribution < 1.29 is 13.5 Å². The fraction of sp³-hybridized carbons (Fsp3) is 0.0909. The van der Waals surface area contributed by atoms with Gasteiger partial charge in [0.05, 0.1) is 5.69 Å². The van der Waals surface area contributed by atoms with E-state index < -0.39 is 17.5 Å². The lowest BCUT2D eigenvalue weighted by Crippen LogP contribution is -2.01. The standard InChI is InChI=1S/C11H9F2N3O/c1-6-9(3-2-4-15-6)17-11-8(13)5-7(12)10(14)16-11/h2-5H,1H3,(H2,14,16). The molecule has 6 heteroatoms. The number of aryl methyl sites for hydroxylation is 1. The Morgan fingerprint density at radius 1 is 1.29 bits per heavy atom. The van der Waals surface area contributed by atoms with E-state index in [2.05, 4.69) is 9.97 Å². The summed E-state index contributed by atoms with van der Waals surface area (Å²) in [4.78, 5) is 7.45. The lowest BCUT2D eigenvalue weighted by Gasteiger charge is -2.08.